The summed E-state index contributed by atoms with van der Waals surface area (Å²) < 4.78 is 43.7. The van der Waals surface area contributed by atoms with Crippen molar-refractivity contribution < 1.29 is 22.7 Å². The largest absolute Gasteiger partial charge is 0.435 e. The summed E-state index contributed by atoms with van der Waals surface area (Å²) in [6, 6.07) is 9.65. The Hall–Kier alpha value is -3.43. The van der Waals surface area contributed by atoms with Crippen molar-refractivity contribution in [1.82, 2.24) is 20.2 Å². The van der Waals surface area contributed by atoms with Crippen molar-refractivity contribution in [3.8, 4) is 11.4 Å². The fraction of sp³-hybridized carbons (Fsp3) is 0.125. The number of carbonyl (C=O) groups is 1. The Morgan fingerprint density at radius 1 is 1.19 bits per heavy atom. The lowest BCUT2D eigenvalue weighted by atomic mass is 10.1. The monoisotopic (exact) mass is 363 g/mol. The van der Waals surface area contributed by atoms with Crippen LogP contribution in [0.1, 0.15) is 5.56 Å². The molecule has 10 heteroatoms. The molecule has 0 bridgehead atoms. The van der Waals surface area contributed by atoms with Gasteiger partial charge in [-0.15, -0.1) is 5.10 Å². The lowest BCUT2D eigenvalue weighted by molar-refractivity contribution is -0.115. The second-order valence-corrected chi connectivity index (χ2v) is 5.17. The number of halogens is 3. The number of carbonyl (C=O) groups excluding carboxylic acids is 1. The number of aromatic nitrogens is 4. The molecule has 3 rings (SSSR count). The summed E-state index contributed by atoms with van der Waals surface area (Å²) in [6.45, 7) is -2.92. The Labute approximate surface area is 145 Å². The number of nitrogens with zero attached hydrogens (tertiary/aromatic N) is 4. The maximum absolute atomic E-state index is 13.9. The van der Waals surface area contributed by atoms with Gasteiger partial charge in [-0.25, -0.2) is 9.07 Å². The first-order valence-corrected chi connectivity index (χ1v) is 7.38. The zero-order valence-electron chi connectivity index (χ0n) is 13.1. The minimum Gasteiger partial charge on any atom is -0.435 e. The van der Waals surface area contributed by atoms with Crippen molar-refractivity contribution in [3.05, 3.63) is 60.2 Å². The number of benzene rings is 2. The molecular weight excluding hydrogens is 351 g/mol. The van der Waals surface area contributed by atoms with Gasteiger partial charge >= 0.3 is 6.61 Å². The van der Waals surface area contributed by atoms with E-state index in [-0.39, 0.29) is 17.9 Å². The van der Waals surface area contributed by atoms with Gasteiger partial charge in [0.15, 0.2) is 0 Å². The first-order valence-electron chi connectivity index (χ1n) is 7.38. The molecule has 0 saturated heterocycles. The molecule has 0 aliphatic rings. The van der Waals surface area contributed by atoms with Gasteiger partial charge in [0.05, 0.1) is 17.8 Å². The quantitative estimate of drug-likeness (QED) is 0.728. The number of amides is 1. The molecule has 1 heterocycles. The van der Waals surface area contributed by atoms with Crippen LogP contribution >= 0.6 is 0 Å². The Balaban J connectivity index is 1.67. The molecule has 1 amide bonds. The van der Waals surface area contributed by atoms with Gasteiger partial charge in [0.2, 0.25) is 5.91 Å². The number of anilines is 1. The zero-order valence-corrected chi connectivity index (χ0v) is 13.1. The van der Waals surface area contributed by atoms with E-state index in [2.05, 4.69) is 25.6 Å². The third-order valence-corrected chi connectivity index (χ3v) is 3.35. The fourth-order valence-corrected chi connectivity index (χ4v) is 2.20. The molecule has 0 saturated carbocycles. The Kier molecular flexibility index (Phi) is 5.11. The number of hydrogen-bond donors (Lipinski definition) is 1. The van der Waals surface area contributed by atoms with Gasteiger partial charge in [0, 0.05) is 0 Å². The third-order valence-electron chi connectivity index (χ3n) is 3.35. The van der Waals surface area contributed by atoms with Gasteiger partial charge in [-0.2, -0.15) is 8.78 Å². The predicted octanol–water partition coefficient (Wildman–Crippen LogP) is 2.58. The number of ether oxygens (including phenoxy) is 1. The number of tetrazole rings is 1. The second-order valence-electron chi connectivity index (χ2n) is 5.17. The summed E-state index contributed by atoms with van der Waals surface area (Å²) in [7, 11) is 0. The summed E-state index contributed by atoms with van der Waals surface area (Å²) >= 11 is 0. The topological polar surface area (TPSA) is 81.9 Å². The average molecular weight is 363 g/mol. The highest BCUT2D eigenvalue weighted by molar-refractivity contribution is 5.92. The molecule has 26 heavy (non-hydrogen) atoms. The van der Waals surface area contributed by atoms with Crippen molar-refractivity contribution in [2.45, 2.75) is 13.0 Å². The lowest BCUT2D eigenvalue weighted by Gasteiger charge is -2.09. The summed E-state index contributed by atoms with van der Waals surface area (Å²) in [6.07, 6.45) is 1.27. The Morgan fingerprint density at radius 3 is 2.62 bits per heavy atom. The van der Waals surface area contributed by atoms with Crippen LogP contribution in [0.15, 0.2) is 48.8 Å². The molecule has 1 N–H and O–H groups in total. The van der Waals surface area contributed by atoms with Crippen LogP contribution in [0, 0.1) is 5.82 Å². The second kappa shape index (κ2) is 7.64. The predicted molar refractivity (Wildman–Crippen MR) is 84.5 cm³/mol. The normalized spacial score (nSPS) is 10.8. The van der Waals surface area contributed by atoms with E-state index in [1.54, 1.807) is 0 Å². The smallest absolute Gasteiger partial charge is 0.387 e. The van der Waals surface area contributed by atoms with Crippen LogP contribution in [0.25, 0.3) is 5.69 Å². The van der Waals surface area contributed by atoms with Gasteiger partial charge in [0.1, 0.15) is 17.9 Å². The van der Waals surface area contributed by atoms with Crippen molar-refractivity contribution >= 4 is 11.6 Å². The summed E-state index contributed by atoms with van der Waals surface area (Å²) in [4.78, 5) is 12.1. The maximum Gasteiger partial charge on any atom is 0.387 e. The molecule has 0 fully saturated rings. The van der Waals surface area contributed by atoms with E-state index >= 15 is 0 Å². The highest BCUT2D eigenvalue weighted by atomic mass is 19.3. The van der Waals surface area contributed by atoms with Gasteiger partial charge in [-0.3, -0.25) is 4.79 Å². The molecule has 0 aliphatic carbocycles. The van der Waals surface area contributed by atoms with Crippen LogP contribution in [-0.2, 0) is 11.2 Å². The van der Waals surface area contributed by atoms with Crippen molar-refractivity contribution in [2.24, 2.45) is 0 Å². The van der Waals surface area contributed by atoms with E-state index in [4.69, 9.17) is 0 Å². The number of hydrogen-bond acceptors (Lipinski definition) is 5. The Bertz CT molecular complexity index is 885. The number of nitrogens with one attached hydrogen (secondary N) is 1. The van der Waals surface area contributed by atoms with E-state index in [0.717, 1.165) is 0 Å². The van der Waals surface area contributed by atoms with Crippen LogP contribution < -0.4 is 10.1 Å². The van der Waals surface area contributed by atoms with Gasteiger partial charge in [0.25, 0.3) is 0 Å². The minimum atomic E-state index is -2.92. The molecule has 2 aromatic carbocycles. The van der Waals surface area contributed by atoms with Crippen LogP contribution in [0.2, 0.25) is 0 Å². The van der Waals surface area contributed by atoms with Crippen LogP contribution in [0.3, 0.4) is 0 Å². The van der Waals surface area contributed by atoms with E-state index in [9.17, 15) is 18.0 Å². The van der Waals surface area contributed by atoms with Crippen LogP contribution in [0.4, 0.5) is 18.9 Å². The van der Waals surface area contributed by atoms with Gasteiger partial charge < -0.3 is 10.1 Å². The first-order chi connectivity index (χ1) is 12.5. The molecule has 134 valence electrons. The molecule has 0 radical (unpaired) electrons. The molecular formula is C16H12F3N5O2. The third kappa shape index (κ3) is 4.35. The Morgan fingerprint density at radius 2 is 1.96 bits per heavy atom. The molecule has 1 aromatic heterocycles. The molecule has 0 atom stereocenters. The maximum atomic E-state index is 13.9. The van der Waals surface area contributed by atoms with Crippen LogP contribution in [-0.4, -0.2) is 32.7 Å². The SMILES string of the molecule is O=C(Cc1ccc(OC(F)F)cc1)Nc1cc(-n2cnnn2)ccc1F. The van der Waals surface area contributed by atoms with Crippen LogP contribution in [0.5, 0.6) is 5.75 Å². The van der Waals surface area contributed by atoms with Crippen molar-refractivity contribution in [2.75, 3.05) is 5.32 Å². The van der Waals surface area contributed by atoms with Crippen molar-refractivity contribution in [1.29, 1.82) is 0 Å². The van der Waals surface area contributed by atoms with Gasteiger partial charge in [-0.1, -0.05) is 12.1 Å². The van der Waals surface area contributed by atoms with Gasteiger partial charge in [-0.05, 0) is 46.3 Å². The van der Waals surface area contributed by atoms with E-state index in [1.807, 2.05) is 0 Å². The molecule has 0 aliphatic heterocycles. The fourth-order valence-electron chi connectivity index (χ4n) is 2.20. The number of rotatable bonds is 6. The van der Waals surface area contributed by atoms with E-state index in [0.29, 0.717) is 11.3 Å². The summed E-state index contributed by atoms with van der Waals surface area (Å²) in [5, 5.41) is 13.1. The van der Waals surface area contributed by atoms with E-state index in [1.165, 1.54) is 53.5 Å². The standard InChI is InChI=1S/C16H12F3N5O2/c17-13-6-3-11(24-9-20-22-23-24)8-14(13)21-15(25)7-10-1-4-12(5-2-10)26-16(18)19/h1-6,8-9,16H,7H2,(H,21,25). The molecule has 0 spiro atoms. The lowest BCUT2D eigenvalue weighted by Crippen LogP contribution is -2.15. The zero-order chi connectivity index (χ0) is 18.5. The average Bonchev–Trinajstić information content (AvgIpc) is 3.13. The highest BCUT2D eigenvalue weighted by Gasteiger charge is 2.11. The highest BCUT2D eigenvalue weighted by Crippen LogP contribution is 2.19. The van der Waals surface area contributed by atoms with Crippen molar-refractivity contribution in [3.63, 3.8) is 0 Å². The molecule has 0 unspecified atom stereocenters. The number of alkyl halides is 2. The summed E-state index contributed by atoms with van der Waals surface area (Å²) in [5.41, 5.74) is 1.00. The van der Waals surface area contributed by atoms with E-state index < -0.39 is 18.3 Å². The summed E-state index contributed by atoms with van der Waals surface area (Å²) in [5.74, 6) is -1.10. The minimum absolute atomic E-state index is 0.00987. The first kappa shape index (κ1) is 17.4. The molecule has 7 nitrogen and oxygen atoms in total. The molecule has 3 aromatic rings.